The predicted octanol–water partition coefficient (Wildman–Crippen LogP) is 4.09. The Kier molecular flexibility index (Phi) is 4.11. The summed E-state index contributed by atoms with van der Waals surface area (Å²) in [5, 5.41) is 4.46. The summed E-state index contributed by atoms with van der Waals surface area (Å²) >= 11 is 0. The number of aromatic nitrogens is 4. The van der Waals surface area contributed by atoms with Crippen molar-refractivity contribution in [1.82, 2.24) is 19.7 Å². The largest absolute Gasteiger partial charge is 0.371 e. The van der Waals surface area contributed by atoms with Crippen LogP contribution in [0.15, 0.2) is 42.7 Å². The van der Waals surface area contributed by atoms with Crippen molar-refractivity contribution in [3.05, 3.63) is 71.1 Å². The third-order valence-corrected chi connectivity index (χ3v) is 6.77. The number of hydrogen-bond donors (Lipinski definition) is 1. The molecule has 162 valence electrons. The van der Waals surface area contributed by atoms with E-state index in [1.54, 1.807) is 22.0 Å². The zero-order valence-corrected chi connectivity index (χ0v) is 18.0. The molecule has 4 aromatic rings. The van der Waals surface area contributed by atoms with Gasteiger partial charge in [-0.2, -0.15) is 5.10 Å². The lowest BCUT2D eigenvalue weighted by Gasteiger charge is -2.27. The number of fused-ring (bicyclic) bond motifs is 2. The number of anilines is 2. The van der Waals surface area contributed by atoms with Crippen LogP contribution in [-0.2, 0) is 7.05 Å². The van der Waals surface area contributed by atoms with Gasteiger partial charge in [0.25, 0.3) is 5.91 Å². The molecule has 1 unspecified atom stereocenters. The molecule has 32 heavy (non-hydrogen) atoms. The van der Waals surface area contributed by atoms with Gasteiger partial charge in [-0.1, -0.05) is 6.07 Å². The predicted molar refractivity (Wildman–Crippen MR) is 121 cm³/mol. The maximum Gasteiger partial charge on any atom is 0.280 e. The summed E-state index contributed by atoms with van der Waals surface area (Å²) in [6, 6.07) is 10.4. The number of benzene rings is 2. The highest BCUT2D eigenvalue weighted by Gasteiger charge is 2.44. The molecular formula is C24H23FN6O. The van der Waals surface area contributed by atoms with Crippen molar-refractivity contribution in [2.45, 2.75) is 25.8 Å². The summed E-state index contributed by atoms with van der Waals surface area (Å²) in [4.78, 5) is 24.7. The highest BCUT2D eigenvalue weighted by Crippen LogP contribution is 2.44. The average molecular weight is 430 g/mol. The first-order valence-electron chi connectivity index (χ1n) is 10.9. The van der Waals surface area contributed by atoms with Gasteiger partial charge in [0.1, 0.15) is 5.82 Å². The third-order valence-electron chi connectivity index (χ3n) is 6.77. The van der Waals surface area contributed by atoms with E-state index in [2.05, 4.69) is 20.0 Å². The quantitative estimate of drug-likeness (QED) is 0.531. The first-order chi connectivity index (χ1) is 15.5. The van der Waals surface area contributed by atoms with Gasteiger partial charge in [-0.15, -0.1) is 0 Å². The first kappa shape index (κ1) is 19.0. The topological polar surface area (TPSA) is 70.0 Å². The van der Waals surface area contributed by atoms with E-state index in [1.165, 1.54) is 0 Å². The van der Waals surface area contributed by atoms with Crippen LogP contribution in [0.2, 0.25) is 0 Å². The fourth-order valence-corrected chi connectivity index (χ4v) is 5.01. The number of nitrogens with one attached hydrogen (secondary N) is 1. The van der Waals surface area contributed by atoms with Gasteiger partial charge in [-0.25, -0.2) is 9.37 Å². The number of rotatable bonds is 3. The number of carbonyl (C=O) groups excluding carboxylic acids is 1. The molecule has 7 nitrogen and oxygen atoms in total. The maximum atomic E-state index is 15.6. The molecule has 1 saturated heterocycles. The minimum atomic E-state index is -0.584. The molecule has 1 N–H and O–H groups in total. The lowest BCUT2D eigenvalue weighted by molar-refractivity contribution is 0.0988. The van der Waals surface area contributed by atoms with E-state index in [9.17, 15) is 4.79 Å². The first-order valence-corrected chi connectivity index (χ1v) is 10.9. The Morgan fingerprint density at radius 3 is 2.66 bits per heavy atom. The second-order valence-electron chi connectivity index (χ2n) is 8.55. The van der Waals surface area contributed by atoms with Crippen LogP contribution in [0.1, 0.15) is 46.2 Å². The van der Waals surface area contributed by atoms with Gasteiger partial charge >= 0.3 is 0 Å². The number of halogens is 1. The number of H-pyrrole nitrogens is 1. The number of hydrogen-bond acceptors (Lipinski definition) is 4. The molecule has 0 radical (unpaired) electrons. The summed E-state index contributed by atoms with van der Waals surface area (Å²) in [5.41, 5.74) is 5.66. The summed E-state index contributed by atoms with van der Waals surface area (Å²) in [5.74, 6) is -0.536. The van der Waals surface area contributed by atoms with Crippen LogP contribution in [0, 0.1) is 12.7 Å². The Morgan fingerprint density at radius 1 is 1.09 bits per heavy atom. The van der Waals surface area contributed by atoms with Crippen LogP contribution in [0.25, 0.3) is 11.0 Å². The molecule has 0 aliphatic carbocycles. The Hall–Kier alpha value is -3.68. The van der Waals surface area contributed by atoms with Crippen molar-refractivity contribution in [1.29, 1.82) is 0 Å². The average Bonchev–Trinajstić information content (AvgIpc) is 3.56. The summed E-state index contributed by atoms with van der Waals surface area (Å²) in [6.07, 6.45) is 3.88. The van der Waals surface area contributed by atoms with Crippen LogP contribution in [-0.4, -0.2) is 38.7 Å². The molecule has 2 aliphatic heterocycles. The van der Waals surface area contributed by atoms with Gasteiger partial charge in [0.2, 0.25) is 0 Å². The molecular weight excluding hydrogens is 407 g/mol. The third kappa shape index (κ3) is 2.68. The molecule has 1 fully saturated rings. The van der Waals surface area contributed by atoms with Crippen LogP contribution < -0.4 is 9.80 Å². The van der Waals surface area contributed by atoms with Crippen LogP contribution in [0.3, 0.4) is 0 Å². The second-order valence-corrected chi connectivity index (χ2v) is 8.55. The molecule has 1 atom stereocenters. The standard InChI is InChI=1S/C24H23FN6O/c1-14-21-22(28-29(14)2)24(32)31(16-6-8-19-20(12-16)27-13-26-19)23(21)17-7-5-15(11-18(17)25)30-9-3-4-10-30/h5-8,11-13,23H,3-4,9-10H2,1-2H3,(H,26,27). The van der Waals surface area contributed by atoms with E-state index in [1.807, 2.05) is 44.3 Å². The molecule has 1 amide bonds. The van der Waals surface area contributed by atoms with Gasteiger partial charge in [0, 0.05) is 48.3 Å². The maximum absolute atomic E-state index is 15.6. The lowest BCUT2D eigenvalue weighted by atomic mass is 9.97. The number of aryl methyl sites for hydroxylation is 1. The molecule has 0 saturated carbocycles. The van der Waals surface area contributed by atoms with Crippen LogP contribution in [0.5, 0.6) is 0 Å². The van der Waals surface area contributed by atoms with Gasteiger partial charge in [0.05, 0.1) is 23.4 Å². The van der Waals surface area contributed by atoms with Gasteiger partial charge in [0.15, 0.2) is 5.69 Å². The molecule has 0 bridgehead atoms. The summed E-state index contributed by atoms with van der Waals surface area (Å²) < 4.78 is 17.3. The Labute approximate surface area is 184 Å². The molecule has 4 heterocycles. The zero-order valence-electron chi connectivity index (χ0n) is 18.0. The molecule has 8 heteroatoms. The second kappa shape index (κ2) is 6.91. The molecule has 2 aromatic heterocycles. The van der Waals surface area contributed by atoms with Crippen molar-refractivity contribution < 1.29 is 9.18 Å². The molecule has 2 aliphatic rings. The highest BCUT2D eigenvalue weighted by atomic mass is 19.1. The highest BCUT2D eigenvalue weighted by molar-refractivity contribution is 6.11. The monoisotopic (exact) mass is 430 g/mol. The van der Waals surface area contributed by atoms with E-state index < -0.39 is 6.04 Å². The number of nitrogens with zero attached hydrogens (tertiary/aromatic N) is 5. The van der Waals surface area contributed by atoms with E-state index >= 15 is 4.39 Å². The smallest absolute Gasteiger partial charge is 0.280 e. The van der Waals surface area contributed by atoms with Crippen molar-refractivity contribution in [3.8, 4) is 0 Å². The Balaban J connectivity index is 1.51. The van der Waals surface area contributed by atoms with Crippen LogP contribution >= 0.6 is 0 Å². The lowest BCUT2D eigenvalue weighted by Crippen LogP contribution is -2.30. The van der Waals surface area contributed by atoms with E-state index in [0.29, 0.717) is 16.9 Å². The number of carbonyl (C=O) groups is 1. The zero-order chi connectivity index (χ0) is 22.0. The molecule has 2 aromatic carbocycles. The van der Waals surface area contributed by atoms with Crippen molar-refractivity contribution in [2.75, 3.05) is 22.9 Å². The summed E-state index contributed by atoms with van der Waals surface area (Å²) in [7, 11) is 1.81. The Bertz CT molecular complexity index is 1370. The van der Waals surface area contributed by atoms with Crippen molar-refractivity contribution >= 4 is 28.3 Å². The van der Waals surface area contributed by atoms with E-state index in [4.69, 9.17) is 0 Å². The molecule has 0 spiro atoms. The van der Waals surface area contributed by atoms with E-state index in [0.717, 1.165) is 53.9 Å². The minimum absolute atomic E-state index is 0.226. The van der Waals surface area contributed by atoms with E-state index in [-0.39, 0.29) is 11.7 Å². The summed E-state index contributed by atoms with van der Waals surface area (Å²) in [6.45, 7) is 3.82. The minimum Gasteiger partial charge on any atom is -0.371 e. The number of amides is 1. The van der Waals surface area contributed by atoms with Gasteiger partial charge in [-0.05, 0) is 50.1 Å². The SMILES string of the molecule is Cc1c2c(nn1C)C(=O)N(c1ccc3nc[nH]c3c1)C2c1ccc(N2CCCC2)cc1F. The van der Waals surface area contributed by atoms with Gasteiger partial charge in [-0.3, -0.25) is 14.4 Å². The normalized spacial score (nSPS) is 18.2. The van der Waals surface area contributed by atoms with Crippen LogP contribution in [0.4, 0.5) is 15.8 Å². The fraction of sp³-hybridized carbons (Fsp3) is 0.292. The van der Waals surface area contributed by atoms with Crippen molar-refractivity contribution in [2.24, 2.45) is 7.05 Å². The number of imidazole rings is 1. The Morgan fingerprint density at radius 2 is 1.88 bits per heavy atom. The van der Waals surface area contributed by atoms with Gasteiger partial charge < -0.3 is 9.88 Å². The molecule has 6 rings (SSSR count). The fourth-order valence-electron chi connectivity index (χ4n) is 5.01. The van der Waals surface area contributed by atoms with Crippen molar-refractivity contribution in [3.63, 3.8) is 0 Å². The number of aromatic amines is 1.